The van der Waals surface area contributed by atoms with Crippen LogP contribution in [-0.4, -0.2) is 0 Å². The second-order valence-electron chi connectivity index (χ2n) is 5.99. The van der Waals surface area contributed by atoms with Crippen molar-refractivity contribution in [1.82, 2.24) is 0 Å². The number of benzene rings is 1. The van der Waals surface area contributed by atoms with Crippen molar-refractivity contribution in [2.45, 2.75) is 40.5 Å². The van der Waals surface area contributed by atoms with Gasteiger partial charge < -0.3 is 5.73 Å². The maximum Gasteiger partial charge on any atom is 0.0569 e. The molecule has 0 aromatic heterocycles. The molecule has 0 aliphatic rings. The molecule has 4 N–H and O–H groups in total. The fraction of sp³-hybridized carbons (Fsp3) is 0.467. The molecule has 0 saturated heterocycles. The third kappa shape index (κ3) is 3.77. The summed E-state index contributed by atoms with van der Waals surface area (Å²) in [5.74, 6) is 6.52. The molecule has 0 aliphatic heterocycles. The van der Waals surface area contributed by atoms with Crippen molar-refractivity contribution >= 4 is 5.69 Å². The van der Waals surface area contributed by atoms with Gasteiger partial charge in [0.1, 0.15) is 0 Å². The Balaban J connectivity index is 2.88. The molecule has 0 heterocycles. The van der Waals surface area contributed by atoms with Crippen LogP contribution in [0.3, 0.4) is 0 Å². The number of hydrazine groups is 1. The molecule has 1 aromatic carbocycles. The van der Waals surface area contributed by atoms with Gasteiger partial charge in [-0.25, -0.2) is 5.84 Å². The SMILES string of the molecule is CC(C)c1ccc(N(N)/C=C(\N)C(C)(C)C)cc1. The first kappa shape index (κ1) is 14.6. The molecule has 0 aliphatic carbocycles. The first-order valence-electron chi connectivity index (χ1n) is 6.33. The van der Waals surface area contributed by atoms with E-state index in [9.17, 15) is 0 Å². The van der Waals surface area contributed by atoms with E-state index in [0.717, 1.165) is 11.4 Å². The van der Waals surface area contributed by atoms with Crippen LogP contribution in [0.1, 0.15) is 46.1 Å². The lowest BCUT2D eigenvalue weighted by molar-refractivity contribution is 0.495. The van der Waals surface area contributed by atoms with Crippen molar-refractivity contribution in [2.24, 2.45) is 17.0 Å². The van der Waals surface area contributed by atoms with Crippen molar-refractivity contribution in [3.05, 3.63) is 41.7 Å². The van der Waals surface area contributed by atoms with Gasteiger partial charge in [0, 0.05) is 17.3 Å². The first-order valence-corrected chi connectivity index (χ1v) is 6.33. The second-order valence-corrected chi connectivity index (χ2v) is 5.99. The largest absolute Gasteiger partial charge is 0.400 e. The minimum Gasteiger partial charge on any atom is -0.400 e. The Bertz CT molecular complexity index is 410. The summed E-state index contributed by atoms with van der Waals surface area (Å²) in [5, 5.41) is 1.57. The maximum atomic E-state index is 6.01. The highest BCUT2D eigenvalue weighted by Gasteiger charge is 2.14. The highest BCUT2D eigenvalue weighted by atomic mass is 15.4. The van der Waals surface area contributed by atoms with Crippen LogP contribution < -0.4 is 16.6 Å². The van der Waals surface area contributed by atoms with E-state index >= 15 is 0 Å². The number of hydrogen-bond acceptors (Lipinski definition) is 3. The summed E-state index contributed by atoms with van der Waals surface area (Å²) < 4.78 is 0. The lowest BCUT2D eigenvalue weighted by Gasteiger charge is -2.22. The van der Waals surface area contributed by atoms with Crippen molar-refractivity contribution < 1.29 is 0 Å². The summed E-state index contributed by atoms with van der Waals surface area (Å²) in [7, 11) is 0. The van der Waals surface area contributed by atoms with E-state index in [1.807, 2.05) is 12.1 Å². The Kier molecular flexibility index (Phi) is 4.41. The smallest absolute Gasteiger partial charge is 0.0569 e. The third-order valence-electron chi connectivity index (χ3n) is 3.00. The molecule has 0 saturated carbocycles. The minimum absolute atomic E-state index is 0.0739. The fourth-order valence-electron chi connectivity index (χ4n) is 1.45. The first-order chi connectivity index (χ1) is 8.21. The van der Waals surface area contributed by atoms with Crippen LogP contribution in [0.25, 0.3) is 0 Å². The molecule has 0 atom stereocenters. The van der Waals surface area contributed by atoms with Gasteiger partial charge in [0.25, 0.3) is 0 Å². The monoisotopic (exact) mass is 247 g/mol. The van der Waals surface area contributed by atoms with Crippen molar-refractivity contribution in [3.8, 4) is 0 Å². The van der Waals surface area contributed by atoms with Gasteiger partial charge >= 0.3 is 0 Å². The quantitative estimate of drug-likeness (QED) is 0.636. The average Bonchev–Trinajstić information content (AvgIpc) is 2.27. The van der Waals surface area contributed by atoms with E-state index in [1.54, 1.807) is 11.2 Å². The fourth-order valence-corrected chi connectivity index (χ4v) is 1.45. The molecule has 100 valence electrons. The summed E-state index contributed by atoms with van der Waals surface area (Å²) >= 11 is 0. The van der Waals surface area contributed by atoms with Crippen LogP contribution in [0.15, 0.2) is 36.2 Å². The number of nitrogens with zero attached hydrogens (tertiary/aromatic N) is 1. The Morgan fingerprint density at radius 1 is 1.17 bits per heavy atom. The topological polar surface area (TPSA) is 55.3 Å². The van der Waals surface area contributed by atoms with Gasteiger partial charge in [0.15, 0.2) is 0 Å². The molecule has 18 heavy (non-hydrogen) atoms. The van der Waals surface area contributed by atoms with Crippen LogP contribution >= 0.6 is 0 Å². The summed E-state index contributed by atoms with van der Waals surface area (Å²) in [6, 6.07) is 8.23. The summed E-state index contributed by atoms with van der Waals surface area (Å²) in [5.41, 5.74) is 8.94. The summed E-state index contributed by atoms with van der Waals surface area (Å²) in [6.07, 6.45) is 1.78. The molecule has 1 aromatic rings. The molecular formula is C15H25N3. The number of nitrogens with two attached hydrogens (primary N) is 2. The molecule has 0 radical (unpaired) electrons. The van der Waals surface area contributed by atoms with Crippen molar-refractivity contribution in [3.63, 3.8) is 0 Å². The van der Waals surface area contributed by atoms with Gasteiger partial charge in [-0.3, -0.25) is 5.01 Å². The number of anilines is 1. The van der Waals surface area contributed by atoms with Crippen LogP contribution in [0.4, 0.5) is 5.69 Å². The van der Waals surface area contributed by atoms with Gasteiger partial charge in [0.05, 0.1) is 5.69 Å². The number of hydrogen-bond donors (Lipinski definition) is 2. The molecule has 1 rings (SSSR count). The standard InChI is InChI=1S/C15H25N3/c1-11(2)12-6-8-13(9-7-12)18(17)10-14(16)15(3,4)5/h6-11H,16-17H2,1-5H3/b14-10-. The highest BCUT2D eigenvalue weighted by Crippen LogP contribution is 2.23. The molecule has 3 nitrogen and oxygen atoms in total. The Morgan fingerprint density at radius 2 is 1.67 bits per heavy atom. The van der Waals surface area contributed by atoms with Crippen LogP contribution in [-0.2, 0) is 0 Å². The normalized spacial score (nSPS) is 12.9. The molecule has 0 bridgehead atoms. The maximum absolute atomic E-state index is 6.01. The van der Waals surface area contributed by atoms with E-state index < -0.39 is 0 Å². The zero-order valence-electron chi connectivity index (χ0n) is 12.1. The van der Waals surface area contributed by atoms with Crippen LogP contribution in [0, 0.1) is 5.41 Å². The van der Waals surface area contributed by atoms with Gasteiger partial charge in [0.2, 0.25) is 0 Å². The minimum atomic E-state index is -0.0739. The lowest BCUT2D eigenvalue weighted by atomic mass is 9.93. The molecule has 0 unspecified atom stereocenters. The zero-order chi connectivity index (χ0) is 13.9. The van der Waals surface area contributed by atoms with E-state index in [-0.39, 0.29) is 5.41 Å². The summed E-state index contributed by atoms with van der Waals surface area (Å²) in [4.78, 5) is 0. The van der Waals surface area contributed by atoms with Crippen LogP contribution in [0.2, 0.25) is 0 Å². The van der Waals surface area contributed by atoms with E-state index in [1.165, 1.54) is 5.56 Å². The van der Waals surface area contributed by atoms with Crippen molar-refractivity contribution in [2.75, 3.05) is 5.01 Å². The Hall–Kier alpha value is -1.48. The molecule has 0 fully saturated rings. The van der Waals surface area contributed by atoms with E-state index in [4.69, 9.17) is 11.6 Å². The number of allylic oxidation sites excluding steroid dienone is 1. The Labute approximate surface area is 110 Å². The zero-order valence-corrected chi connectivity index (χ0v) is 12.1. The predicted octanol–water partition coefficient (Wildman–Crippen LogP) is 3.34. The highest BCUT2D eigenvalue weighted by molar-refractivity contribution is 5.49. The Morgan fingerprint density at radius 3 is 2.06 bits per heavy atom. The van der Waals surface area contributed by atoms with Gasteiger partial charge in [-0.1, -0.05) is 46.8 Å². The van der Waals surface area contributed by atoms with E-state index in [2.05, 4.69) is 46.8 Å². The van der Waals surface area contributed by atoms with E-state index in [0.29, 0.717) is 5.92 Å². The summed E-state index contributed by atoms with van der Waals surface area (Å²) in [6.45, 7) is 10.5. The van der Waals surface area contributed by atoms with Crippen molar-refractivity contribution in [1.29, 1.82) is 0 Å². The molecular weight excluding hydrogens is 222 g/mol. The molecule has 3 heteroatoms. The van der Waals surface area contributed by atoms with Gasteiger partial charge in [-0.05, 0) is 23.6 Å². The van der Waals surface area contributed by atoms with Gasteiger partial charge in [-0.2, -0.15) is 0 Å². The van der Waals surface area contributed by atoms with Gasteiger partial charge in [-0.15, -0.1) is 0 Å². The average molecular weight is 247 g/mol. The van der Waals surface area contributed by atoms with Crippen LogP contribution in [0.5, 0.6) is 0 Å². The predicted molar refractivity (Wildman–Crippen MR) is 78.9 cm³/mol. The number of rotatable bonds is 3. The third-order valence-corrected chi connectivity index (χ3v) is 3.00. The lowest BCUT2D eigenvalue weighted by Crippen LogP contribution is -2.29. The molecule has 0 spiro atoms. The second kappa shape index (κ2) is 5.44. The molecule has 0 amide bonds.